The Hall–Kier alpha value is -9.56. The van der Waals surface area contributed by atoms with Gasteiger partial charge >= 0.3 is 18.0 Å². The number of hydrogen-bond acceptors (Lipinski definition) is 21. The van der Waals surface area contributed by atoms with E-state index in [0.717, 1.165) is 76.2 Å². The lowest BCUT2D eigenvalue weighted by molar-refractivity contribution is -0.248. The number of hydrogen-bond donors (Lipinski definition) is 10. The highest BCUT2D eigenvalue weighted by Gasteiger charge is 2.66. The number of carboxylic acid groups (broad SMARTS) is 2. The van der Waals surface area contributed by atoms with E-state index in [1.165, 1.54) is 23.2 Å². The summed E-state index contributed by atoms with van der Waals surface area (Å²) in [6.07, 6.45) is 2.00. The van der Waals surface area contributed by atoms with Gasteiger partial charge in [0.1, 0.15) is 37.2 Å². The summed E-state index contributed by atoms with van der Waals surface area (Å²) in [4.78, 5) is 131. The SMILES string of the molecule is Cc1c(-c2ccc(N3CCc4cccc(C(=O)Nc5nc6ccccc6s5)c4C3)nc2C(=O)O)cnn1CC12CC3(C)CC(C)(C1)CC(OCCN(CC[C@H](O)CO)C(=O)OCc1ccc(NC(=O)[C@H](C)NC(=O)[C@@H](NC(=O)CN4C(=O)C=CC4=O)C(C)C)cc1CC[C@H]1C[C@@H](O)[C@H](O)[C@@H](C(=O)O)O1)(C3)C2. The van der Waals surface area contributed by atoms with Crippen molar-refractivity contribution in [1.82, 2.24) is 40.2 Å². The number of aryl methyl sites for hydroxylation is 1. The van der Waals surface area contributed by atoms with Crippen LogP contribution in [0, 0.1) is 29.1 Å². The molecule has 6 aromatic rings. The van der Waals surface area contributed by atoms with Crippen molar-refractivity contribution in [3.63, 3.8) is 0 Å². The second-order valence-corrected chi connectivity index (χ2v) is 31.6. The molecule has 564 valence electrons. The first kappa shape index (κ1) is 76.1. The minimum atomic E-state index is -1.71. The Labute approximate surface area is 615 Å². The summed E-state index contributed by atoms with van der Waals surface area (Å²) in [6.45, 7) is 11.3. The number of aliphatic hydroxyl groups is 4. The van der Waals surface area contributed by atoms with Crippen molar-refractivity contribution in [1.29, 1.82) is 0 Å². The number of ether oxygens (including phenoxy) is 3. The maximum atomic E-state index is 14.4. The van der Waals surface area contributed by atoms with E-state index in [9.17, 15) is 73.8 Å². The van der Waals surface area contributed by atoms with E-state index in [1.807, 2.05) is 59.0 Å². The number of carbonyl (C=O) groups is 9. The van der Waals surface area contributed by atoms with Crippen molar-refractivity contribution < 1.29 is 88.0 Å². The molecule has 30 heteroatoms. The van der Waals surface area contributed by atoms with Gasteiger partial charge in [0.25, 0.3) is 17.7 Å². The molecular formula is C76H91N11O18S. The molecule has 4 bridgehead atoms. The molecule has 6 heterocycles. The second kappa shape index (κ2) is 31.1. The Morgan fingerprint density at radius 2 is 1.58 bits per heavy atom. The molecule has 13 rings (SSSR count). The molecule has 1 saturated heterocycles. The number of thiazole rings is 1. The van der Waals surface area contributed by atoms with E-state index >= 15 is 0 Å². The number of rotatable bonds is 29. The van der Waals surface area contributed by atoms with Crippen LogP contribution in [0.4, 0.5) is 21.4 Å². The van der Waals surface area contributed by atoms with Gasteiger partial charge in [0.05, 0.1) is 53.5 Å². The molecule has 7 aliphatic rings. The number of benzene rings is 3. The van der Waals surface area contributed by atoms with Gasteiger partial charge in [-0.25, -0.2) is 24.4 Å². The molecule has 3 aromatic carbocycles. The number of aliphatic carboxylic acids is 1. The highest BCUT2D eigenvalue weighted by Crippen LogP contribution is 2.72. The van der Waals surface area contributed by atoms with E-state index in [2.05, 4.69) is 40.1 Å². The van der Waals surface area contributed by atoms with Crippen LogP contribution in [0.1, 0.15) is 141 Å². The van der Waals surface area contributed by atoms with E-state index in [1.54, 1.807) is 50.4 Å². The first-order chi connectivity index (χ1) is 50.4. The molecule has 2 unspecified atom stereocenters. The summed E-state index contributed by atoms with van der Waals surface area (Å²) >= 11 is 1.40. The molecule has 10 N–H and O–H groups in total. The summed E-state index contributed by atoms with van der Waals surface area (Å²) in [7, 11) is 0. The minimum Gasteiger partial charge on any atom is -0.479 e. The zero-order valence-electron chi connectivity index (χ0n) is 60.0. The molecule has 4 aliphatic carbocycles. The number of pyridine rings is 1. The van der Waals surface area contributed by atoms with Crippen LogP contribution in [0.25, 0.3) is 21.3 Å². The average Bonchev–Trinajstić information content (AvgIpc) is 0.728. The lowest BCUT2D eigenvalue weighted by Crippen LogP contribution is -2.64. The van der Waals surface area contributed by atoms with Crippen LogP contribution in [0.5, 0.6) is 0 Å². The van der Waals surface area contributed by atoms with Gasteiger partial charge in [-0.05, 0) is 165 Å². The van der Waals surface area contributed by atoms with Crippen molar-refractivity contribution in [2.45, 2.75) is 180 Å². The van der Waals surface area contributed by atoms with E-state index < -0.39 is 115 Å². The Morgan fingerprint density at radius 1 is 0.830 bits per heavy atom. The monoisotopic (exact) mass is 1480 g/mol. The van der Waals surface area contributed by atoms with Gasteiger partial charge < -0.3 is 70.6 Å². The quantitative estimate of drug-likeness (QED) is 0.0230. The summed E-state index contributed by atoms with van der Waals surface area (Å²) in [5.74, 6) is -6.48. The normalized spacial score (nSPS) is 24.6. The number of carbonyl (C=O) groups excluding carboxylic acids is 7. The fourth-order valence-corrected chi connectivity index (χ4v) is 18.4. The van der Waals surface area contributed by atoms with Gasteiger partial charge in [-0.1, -0.05) is 69.4 Å². The molecule has 9 atom stereocenters. The van der Waals surface area contributed by atoms with Crippen LogP contribution >= 0.6 is 11.3 Å². The predicted molar refractivity (Wildman–Crippen MR) is 387 cm³/mol. The van der Waals surface area contributed by atoms with Gasteiger partial charge in [-0.2, -0.15) is 5.10 Å². The zero-order valence-corrected chi connectivity index (χ0v) is 60.9. The molecule has 106 heavy (non-hydrogen) atoms. The Morgan fingerprint density at radius 3 is 2.28 bits per heavy atom. The van der Waals surface area contributed by atoms with Crippen molar-refractivity contribution >= 4 is 91.7 Å². The smallest absolute Gasteiger partial charge is 0.410 e. The standard InChI is InChI=1S/C76H91N11O18S/c1-42(2)62(82-59(91)32-86-60(92)20-21-61(86)93)68(97)78-43(3)66(95)79-48-16-14-47(46(28-48)15-17-50-29-56(90)64(94)65(105-50)70(100)101)34-103-72(102)84(25-23-49(89)33-88)26-27-104-76-38-73(5)35-74(6,39-76)37-75(36-73,40-76)41-87-44(4)53(30-77-87)51-18-19-58(81-63(51)69(98)99)85-24-22-45-10-9-11-52(54(45)31-85)67(96)83-71-80-55-12-7-8-13-57(55)106-71/h7-14,16,18-21,28,30,42-43,49-50,56,62,64-65,88-90,94H,15,17,22-27,29,31-41H2,1-6H3,(H,78,97)(H,79,95)(H,82,91)(H,98,99)(H,100,101)(H,80,83,96)/t43-,49-,50-,56+,62-,64-,65-,73?,74?,75?,76?/m0/s1. The third-order valence-electron chi connectivity index (χ3n) is 21.5. The average molecular weight is 1480 g/mol. The van der Waals surface area contributed by atoms with Crippen LogP contribution in [0.3, 0.4) is 0 Å². The maximum Gasteiger partial charge on any atom is 0.410 e. The minimum absolute atomic E-state index is 0.00396. The number of amides is 7. The fourth-order valence-electron chi connectivity index (χ4n) is 17.6. The molecule has 0 spiro atoms. The first-order valence-corrected chi connectivity index (χ1v) is 36.7. The second-order valence-electron chi connectivity index (χ2n) is 30.5. The molecular weight excluding hydrogens is 1390 g/mol. The summed E-state index contributed by atoms with van der Waals surface area (Å²) in [5, 5.41) is 78.4. The van der Waals surface area contributed by atoms with Crippen molar-refractivity contribution in [2.75, 3.05) is 54.9 Å². The molecule has 5 fully saturated rings. The molecule has 7 amide bonds. The Kier molecular flexibility index (Phi) is 22.3. The number of aromatic carboxylic acids is 1. The summed E-state index contributed by atoms with van der Waals surface area (Å²) in [6, 6.07) is 19.4. The predicted octanol–water partition coefficient (Wildman–Crippen LogP) is 6.30. The highest BCUT2D eigenvalue weighted by molar-refractivity contribution is 7.22. The van der Waals surface area contributed by atoms with E-state index in [-0.39, 0.29) is 85.5 Å². The lowest BCUT2D eigenvalue weighted by atomic mass is 9.39. The van der Waals surface area contributed by atoms with Crippen molar-refractivity contribution in [3.05, 3.63) is 130 Å². The molecule has 3 aromatic heterocycles. The number of nitrogens with zero attached hydrogens (tertiary/aromatic N) is 7. The van der Waals surface area contributed by atoms with Gasteiger partial charge in [0, 0.05) is 79.4 Å². The zero-order chi connectivity index (χ0) is 75.7. The number of aromatic nitrogens is 4. The van der Waals surface area contributed by atoms with Gasteiger partial charge in [0.2, 0.25) is 17.7 Å². The third kappa shape index (κ3) is 16.8. The van der Waals surface area contributed by atoms with E-state index in [4.69, 9.17) is 24.3 Å². The van der Waals surface area contributed by atoms with Crippen molar-refractivity contribution in [3.8, 4) is 11.1 Å². The number of anilines is 3. The summed E-state index contributed by atoms with van der Waals surface area (Å²) < 4.78 is 21.8. The Bertz CT molecular complexity index is 4370. The molecule has 29 nitrogen and oxygen atoms in total. The van der Waals surface area contributed by atoms with Gasteiger partial charge in [-0.3, -0.25) is 43.7 Å². The molecule has 4 saturated carbocycles. The van der Waals surface area contributed by atoms with Crippen LogP contribution in [0.2, 0.25) is 0 Å². The highest BCUT2D eigenvalue weighted by atomic mass is 32.1. The van der Waals surface area contributed by atoms with Gasteiger partial charge in [-0.15, -0.1) is 0 Å². The van der Waals surface area contributed by atoms with Crippen LogP contribution in [-0.2, 0) is 75.5 Å². The van der Waals surface area contributed by atoms with Crippen LogP contribution < -0.4 is 26.2 Å². The van der Waals surface area contributed by atoms with E-state index in [0.29, 0.717) is 71.2 Å². The van der Waals surface area contributed by atoms with Crippen LogP contribution in [0.15, 0.2) is 91.1 Å². The number of para-hydroxylation sites is 1. The van der Waals surface area contributed by atoms with Gasteiger partial charge in [0.15, 0.2) is 16.9 Å². The number of imide groups is 1. The largest absolute Gasteiger partial charge is 0.479 e. The number of aliphatic hydroxyl groups excluding tert-OH is 4. The fraction of sp³-hybridized carbons (Fsp3) is 0.500. The molecule has 0 radical (unpaired) electrons. The molecule has 3 aliphatic heterocycles. The number of nitrogens with one attached hydrogen (secondary N) is 4. The van der Waals surface area contributed by atoms with Crippen molar-refractivity contribution in [2.24, 2.45) is 22.2 Å². The number of fused-ring (bicyclic) bond motifs is 2. The lowest BCUT2D eigenvalue weighted by Gasteiger charge is -2.69. The Balaban J connectivity index is 0.710. The topological polar surface area (TPSA) is 404 Å². The van der Waals surface area contributed by atoms with Crippen LogP contribution in [-0.4, -0.2) is 201 Å². The number of carboxylic acids is 2. The maximum absolute atomic E-state index is 14.4. The summed E-state index contributed by atoms with van der Waals surface area (Å²) in [5.41, 5.74) is 4.97. The first-order valence-electron chi connectivity index (χ1n) is 35.9. The third-order valence-corrected chi connectivity index (χ3v) is 22.5.